The van der Waals surface area contributed by atoms with Crippen LogP contribution in [-0.2, 0) is 30.5 Å². The number of fused-ring (bicyclic) bond motifs is 1. The molecule has 2 heterocycles. The van der Waals surface area contributed by atoms with E-state index in [4.69, 9.17) is 4.74 Å². The van der Waals surface area contributed by atoms with Crippen LogP contribution in [0.2, 0.25) is 0 Å². The fourth-order valence-electron chi connectivity index (χ4n) is 3.52. The van der Waals surface area contributed by atoms with Crippen LogP contribution in [0.1, 0.15) is 18.9 Å². The molecule has 2 aliphatic heterocycles. The van der Waals surface area contributed by atoms with Crippen molar-refractivity contribution in [2.24, 2.45) is 5.92 Å². The molecule has 9 heteroatoms. The maximum absolute atomic E-state index is 12.4. The summed E-state index contributed by atoms with van der Waals surface area (Å²) in [6.45, 7) is 2.28. The van der Waals surface area contributed by atoms with Crippen molar-refractivity contribution in [1.82, 2.24) is 10.2 Å². The molecule has 1 aromatic rings. The van der Waals surface area contributed by atoms with Crippen molar-refractivity contribution in [1.29, 1.82) is 0 Å². The summed E-state index contributed by atoms with van der Waals surface area (Å²) in [7, 11) is 0. The summed E-state index contributed by atoms with van der Waals surface area (Å²) >= 11 is 1.10. The second kappa shape index (κ2) is 8.95. The normalized spacial score (nSPS) is 21.6. The predicted octanol–water partition coefficient (Wildman–Crippen LogP) is 1.64. The van der Waals surface area contributed by atoms with E-state index in [1.807, 2.05) is 30.3 Å². The van der Waals surface area contributed by atoms with Crippen molar-refractivity contribution in [2.45, 2.75) is 32.0 Å². The van der Waals surface area contributed by atoms with Gasteiger partial charge in [0.2, 0.25) is 11.8 Å². The van der Waals surface area contributed by atoms with Gasteiger partial charge in [0.25, 0.3) is 6.47 Å². The van der Waals surface area contributed by atoms with Crippen molar-refractivity contribution < 1.29 is 29.0 Å². The highest BCUT2D eigenvalue weighted by Gasteiger charge is 2.57. The van der Waals surface area contributed by atoms with Gasteiger partial charge in [-0.1, -0.05) is 42.1 Å². The Labute approximate surface area is 171 Å². The second-order valence-electron chi connectivity index (χ2n) is 6.64. The van der Waals surface area contributed by atoms with E-state index in [0.29, 0.717) is 17.9 Å². The van der Waals surface area contributed by atoms with Crippen LogP contribution < -0.4 is 5.32 Å². The van der Waals surface area contributed by atoms with Crippen molar-refractivity contribution in [2.75, 3.05) is 0 Å². The molecule has 29 heavy (non-hydrogen) atoms. The van der Waals surface area contributed by atoms with Crippen molar-refractivity contribution in [3.8, 4) is 0 Å². The molecule has 2 aliphatic rings. The van der Waals surface area contributed by atoms with Gasteiger partial charge in [-0.15, -0.1) is 0 Å². The van der Waals surface area contributed by atoms with Crippen LogP contribution in [-0.4, -0.2) is 46.4 Å². The number of hydrogen-bond acceptors (Lipinski definition) is 6. The number of ether oxygens (including phenoxy) is 1. The molecule has 0 spiro atoms. The highest BCUT2D eigenvalue weighted by Crippen LogP contribution is 2.47. The SMILES string of the molecule is C[C@@H](OC=O)[C@H]1C(=O)N2C(C(=O)O)=C(S/C=C\C(=O)NCc3ccccc3)C[C@H]12. The number of nitrogens with one attached hydrogen (secondary N) is 1. The number of carboxylic acid groups (broad SMARTS) is 1. The summed E-state index contributed by atoms with van der Waals surface area (Å²) in [5.41, 5.74) is 0.892. The Hall–Kier alpha value is -3.07. The average Bonchev–Trinajstić information content (AvgIpc) is 3.02. The molecule has 0 unspecified atom stereocenters. The lowest BCUT2D eigenvalue weighted by Gasteiger charge is -2.45. The third-order valence-corrected chi connectivity index (χ3v) is 5.80. The number of thioether (sulfide) groups is 1. The summed E-state index contributed by atoms with van der Waals surface area (Å²) in [5, 5.41) is 13.8. The zero-order valence-electron chi connectivity index (χ0n) is 15.6. The number of amides is 2. The number of nitrogens with zero attached hydrogens (tertiary/aromatic N) is 1. The largest absolute Gasteiger partial charge is 0.477 e. The Kier molecular flexibility index (Phi) is 6.38. The number of rotatable bonds is 9. The minimum Gasteiger partial charge on any atom is -0.477 e. The fourth-order valence-corrected chi connectivity index (χ4v) is 4.44. The summed E-state index contributed by atoms with van der Waals surface area (Å²) < 4.78 is 4.86. The van der Waals surface area contributed by atoms with Gasteiger partial charge in [-0.2, -0.15) is 0 Å². The Morgan fingerprint density at radius 2 is 2.10 bits per heavy atom. The van der Waals surface area contributed by atoms with Gasteiger partial charge in [0, 0.05) is 23.9 Å². The van der Waals surface area contributed by atoms with Crippen LogP contribution in [0.3, 0.4) is 0 Å². The smallest absolute Gasteiger partial charge is 0.353 e. The van der Waals surface area contributed by atoms with Gasteiger partial charge >= 0.3 is 5.97 Å². The monoisotopic (exact) mass is 416 g/mol. The first kappa shape index (κ1) is 20.7. The first-order chi connectivity index (χ1) is 13.9. The molecule has 0 bridgehead atoms. The quantitative estimate of drug-likeness (QED) is 0.357. The van der Waals surface area contributed by atoms with Gasteiger partial charge in [-0.3, -0.25) is 14.4 Å². The third-order valence-electron chi connectivity index (χ3n) is 4.89. The zero-order chi connectivity index (χ0) is 21.0. The van der Waals surface area contributed by atoms with Crippen LogP contribution in [0, 0.1) is 5.92 Å². The molecule has 0 saturated carbocycles. The average molecular weight is 416 g/mol. The topological polar surface area (TPSA) is 113 Å². The number of carbonyl (C=O) groups excluding carboxylic acids is 3. The first-order valence-electron chi connectivity index (χ1n) is 8.97. The summed E-state index contributed by atoms with van der Waals surface area (Å²) in [4.78, 5) is 48.2. The standard InChI is InChI=1S/C20H20N2O6S/c1-12(28-11-23)17-14-9-15(18(20(26)27)22(14)19(17)25)29-8-7-16(24)21-10-13-5-3-2-4-6-13/h2-8,11-12,14,17H,9-10H2,1H3,(H,21,24)(H,26,27)/b8-7-/t12-,14-,17-/m1/s1. The summed E-state index contributed by atoms with van der Waals surface area (Å²) in [6.07, 6.45) is 1.04. The van der Waals surface area contributed by atoms with Crippen LogP contribution in [0.25, 0.3) is 0 Å². The highest BCUT2D eigenvalue weighted by molar-refractivity contribution is 8.05. The van der Waals surface area contributed by atoms with Crippen LogP contribution in [0.5, 0.6) is 0 Å². The van der Waals surface area contributed by atoms with Crippen molar-refractivity contribution in [3.05, 3.63) is 58.0 Å². The lowest BCUT2D eigenvalue weighted by molar-refractivity contribution is -0.165. The fraction of sp³-hybridized carbons (Fsp3) is 0.300. The molecular formula is C20H20N2O6S. The summed E-state index contributed by atoms with van der Waals surface area (Å²) in [6, 6.07) is 9.09. The van der Waals surface area contributed by atoms with E-state index in [9.17, 15) is 24.3 Å². The minimum atomic E-state index is -1.20. The van der Waals surface area contributed by atoms with Crippen molar-refractivity contribution in [3.63, 3.8) is 0 Å². The Bertz CT molecular complexity index is 882. The molecule has 1 fully saturated rings. The lowest BCUT2D eigenvalue weighted by atomic mass is 9.83. The van der Waals surface area contributed by atoms with E-state index >= 15 is 0 Å². The van der Waals surface area contributed by atoms with Gasteiger partial charge in [0.15, 0.2) is 0 Å². The maximum atomic E-state index is 12.4. The predicted molar refractivity (Wildman–Crippen MR) is 105 cm³/mol. The number of carbonyl (C=O) groups is 4. The number of benzene rings is 1. The molecule has 0 aliphatic carbocycles. The highest BCUT2D eigenvalue weighted by atomic mass is 32.2. The second-order valence-corrected chi connectivity index (χ2v) is 7.64. The third kappa shape index (κ3) is 4.34. The van der Waals surface area contributed by atoms with Gasteiger partial charge in [-0.25, -0.2) is 4.79 Å². The van der Waals surface area contributed by atoms with Crippen LogP contribution in [0.15, 0.2) is 52.4 Å². The van der Waals surface area contributed by atoms with Crippen molar-refractivity contribution >= 4 is 36.0 Å². The first-order valence-corrected chi connectivity index (χ1v) is 9.85. The number of β-lactam (4-membered cyclic amide) rings is 1. The molecule has 0 aromatic heterocycles. The minimum absolute atomic E-state index is 0.0751. The zero-order valence-corrected chi connectivity index (χ0v) is 16.4. The van der Waals surface area contributed by atoms with E-state index < -0.39 is 18.0 Å². The molecule has 152 valence electrons. The van der Waals surface area contributed by atoms with E-state index in [1.165, 1.54) is 16.4 Å². The molecule has 3 rings (SSSR count). The van der Waals surface area contributed by atoms with Crippen LogP contribution >= 0.6 is 11.8 Å². The van der Waals surface area contributed by atoms with Gasteiger partial charge in [-0.05, 0) is 17.9 Å². The number of carboxylic acids is 1. The Balaban J connectivity index is 1.60. The Morgan fingerprint density at radius 1 is 1.38 bits per heavy atom. The Morgan fingerprint density at radius 3 is 2.76 bits per heavy atom. The van der Waals surface area contributed by atoms with E-state index in [0.717, 1.165) is 17.3 Å². The van der Waals surface area contributed by atoms with Crippen LogP contribution in [0.4, 0.5) is 0 Å². The molecule has 8 nitrogen and oxygen atoms in total. The number of aliphatic carboxylic acids is 1. The lowest BCUT2D eigenvalue weighted by Crippen LogP contribution is -2.62. The van der Waals surface area contributed by atoms with Gasteiger partial charge in [0.05, 0.1) is 12.0 Å². The molecule has 3 atom stereocenters. The van der Waals surface area contributed by atoms with Gasteiger partial charge < -0.3 is 20.1 Å². The van der Waals surface area contributed by atoms with Gasteiger partial charge in [0.1, 0.15) is 11.8 Å². The molecule has 1 saturated heterocycles. The summed E-state index contributed by atoms with van der Waals surface area (Å²) in [5.74, 6) is -2.44. The molecular weight excluding hydrogens is 396 g/mol. The maximum Gasteiger partial charge on any atom is 0.353 e. The van der Waals surface area contributed by atoms with E-state index in [-0.39, 0.29) is 30.0 Å². The molecule has 2 N–H and O–H groups in total. The van der Waals surface area contributed by atoms with E-state index in [1.54, 1.807) is 6.92 Å². The van der Waals surface area contributed by atoms with E-state index in [2.05, 4.69) is 5.32 Å². The molecule has 2 amide bonds. The molecule has 0 radical (unpaired) electrons. The number of hydrogen-bond donors (Lipinski definition) is 2. The molecule has 1 aromatic carbocycles.